The monoisotopic (exact) mass is 278 g/mol. The van der Waals surface area contributed by atoms with E-state index in [1.807, 2.05) is 0 Å². The Labute approximate surface area is 102 Å². The van der Waals surface area contributed by atoms with Gasteiger partial charge in [0.1, 0.15) is 0 Å². The van der Waals surface area contributed by atoms with Crippen molar-refractivity contribution in [3.05, 3.63) is 28.7 Å². The van der Waals surface area contributed by atoms with Crippen molar-refractivity contribution in [2.45, 2.75) is 11.8 Å². The Balaban J connectivity index is 2.66. The van der Waals surface area contributed by atoms with Crippen molar-refractivity contribution >= 4 is 20.8 Å². The molecule has 8 heteroatoms. The van der Waals surface area contributed by atoms with Gasteiger partial charge in [-0.05, 0) is 6.07 Å². The van der Waals surface area contributed by atoms with Crippen molar-refractivity contribution in [2.75, 3.05) is 18.1 Å². The highest BCUT2D eigenvalue weighted by molar-refractivity contribution is 7.89. The minimum Gasteiger partial charge on any atom is -0.328 e. The number of aromatic nitrogens is 1. The molecular formula is C9H14N2O4S2. The minimum atomic E-state index is -3.64. The van der Waals surface area contributed by atoms with Gasteiger partial charge in [0.2, 0.25) is 15.6 Å². The molecule has 1 rings (SSSR count). The van der Waals surface area contributed by atoms with Gasteiger partial charge >= 0.3 is 0 Å². The zero-order valence-electron chi connectivity index (χ0n) is 9.30. The number of hydrogen-bond donors (Lipinski definition) is 2. The van der Waals surface area contributed by atoms with Crippen LogP contribution in [0.25, 0.3) is 0 Å². The largest absolute Gasteiger partial charge is 0.328 e. The Morgan fingerprint density at radius 3 is 2.65 bits per heavy atom. The molecule has 1 aromatic heterocycles. The molecule has 0 saturated heterocycles. The smallest absolute Gasteiger partial charge is 0.247 e. The first kappa shape index (κ1) is 14.1. The van der Waals surface area contributed by atoms with Gasteiger partial charge in [-0.15, -0.1) is 0 Å². The van der Waals surface area contributed by atoms with Gasteiger partial charge in [0, 0.05) is 41.1 Å². The molecule has 0 spiro atoms. The molecular weight excluding hydrogens is 264 g/mol. The van der Waals surface area contributed by atoms with Gasteiger partial charge in [0.05, 0.1) is 4.90 Å². The fourth-order valence-corrected chi connectivity index (χ4v) is 2.83. The zero-order valence-corrected chi connectivity index (χ0v) is 10.9. The summed E-state index contributed by atoms with van der Waals surface area (Å²) in [7, 11) is -4.64. The lowest BCUT2D eigenvalue weighted by molar-refractivity contribution is 0.583. The van der Waals surface area contributed by atoms with Crippen molar-refractivity contribution in [1.82, 2.24) is 9.71 Å². The molecule has 1 aromatic rings. The van der Waals surface area contributed by atoms with Gasteiger partial charge in [0.25, 0.3) is 0 Å². The van der Waals surface area contributed by atoms with E-state index in [1.165, 1.54) is 6.07 Å². The van der Waals surface area contributed by atoms with E-state index < -0.39 is 20.8 Å². The first-order chi connectivity index (χ1) is 7.95. The fraction of sp³-hybridized carbons (Fsp3) is 0.444. The van der Waals surface area contributed by atoms with Crippen molar-refractivity contribution in [3.8, 4) is 0 Å². The van der Waals surface area contributed by atoms with Crippen LogP contribution in [0.2, 0.25) is 0 Å². The quantitative estimate of drug-likeness (QED) is 0.728. The number of rotatable bonds is 6. The van der Waals surface area contributed by atoms with Gasteiger partial charge in [-0.1, -0.05) is 6.92 Å². The van der Waals surface area contributed by atoms with Crippen LogP contribution in [0.15, 0.2) is 28.0 Å². The molecule has 1 heterocycles. The lowest BCUT2D eigenvalue weighted by Crippen LogP contribution is -2.28. The van der Waals surface area contributed by atoms with Gasteiger partial charge in [-0.25, -0.2) is 13.1 Å². The van der Waals surface area contributed by atoms with Crippen LogP contribution in [0.3, 0.4) is 0 Å². The first-order valence-electron chi connectivity index (χ1n) is 4.99. The molecule has 0 fully saturated rings. The number of aromatic amines is 1. The lowest BCUT2D eigenvalue weighted by atomic mass is 10.5. The maximum atomic E-state index is 11.7. The summed E-state index contributed by atoms with van der Waals surface area (Å²) in [6, 6.07) is 2.36. The van der Waals surface area contributed by atoms with Crippen LogP contribution in [-0.2, 0) is 20.8 Å². The summed E-state index contributed by atoms with van der Waals surface area (Å²) in [5, 5.41) is 0. The van der Waals surface area contributed by atoms with Gasteiger partial charge in [0.15, 0.2) is 0 Å². The van der Waals surface area contributed by atoms with Crippen LogP contribution in [-0.4, -0.2) is 35.7 Å². The van der Waals surface area contributed by atoms with Gasteiger partial charge < -0.3 is 4.98 Å². The SMILES string of the molecule is CCS(=O)CCNS(=O)(=O)c1ccc(=O)[nH]c1. The molecule has 1 unspecified atom stereocenters. The minimum absolute atomic E-state index is 0.0145. The molecule has 0 amide bonds. The van der Waals surface area contributed by atoms with Gasteiger partial charge in [-0.2, -0.15) is 0 Å². The van der Waals surface area contributed by atoms with Crippen molar-refractivity contribution < 1.29 is 12.6 Å². The van der Waals surface area contributed by atoms with E-state index in [-0.39, 0.29) is 22.8 Å². The van der Waals surface area contributed by atoms with Crippen molar-refractivity contribution in [2.24, 2.45) is 0 Å². The van der Waals surface area contributed by atoms with E-state index >= 15 is 0 Å². The van der Waals surface area contributed by atoms with Gasteiger partial charge in [-0.3, -0.25) is 9.00 Å². The Kier molecular flexibility index (Phi) is 5.03. The van der Waals surface area contributed by atoms with Crippen LogP contribution in [0.5, 0.6) is 0 Å². The molecule has 0 saturated carbocycles. The third kappa shape index (κ3) is 4.41. The molecule has 17 heavy (non-hydrogen) atoms. The second-order valence-corrected chi connectivity index (χ2v) is 6.85. The molecule has 0 aliphatic carbocycles. The van der Waals surface area contributed by atoms with Crippen LogP contribution in [0.4, 0.5) is 0 Å². The normalized spacial score (nSPS) is 13.5. The summed E-state index contributed by atoms with van der Waals surface area (Å²) in [5.74, 6) is 0.777. The van der Waals surface area contributed by atoms with E-state index in [9.17, 15) is 17.4 Å². The molecule has 6 nitrogen and oxygen atoms in total. The number of pyridine rings is 1. The van der Waals surface area contributed by atoms with E-state index in [1.54, 1.807) is 6.92 Å². The molecule has 0 bridgehead atoms. The summed E-state index contributed by atoms with van der Waals surface area (Å²) >= 11 is 0. The number of hydrogen-bond acceptors (Lipinski definition) is 4. The Hall–Kier alpha value is -0.990. The molecule has 2 N–H and O–H groups in total. The highest BCUT2D eigenvalue weighted by Gasteiger charge is 2.13. The summed E-state index contributed by atoms with van der Waals surface area (Å²) in [5.41, 5.74) is -0.365. The summed E-state index contributed by atoms with van der Waals surface area (Å²) in [6.45, 7) is 1.88. The Bertz CT molecular complexity index is 530. The molecule has 0 radical (unpaired) electrons. The highest BCUT2D eigenvalue weighted by Crippen LogP contribution is 2.03. The van der Waals surface area contributed by atoms with Crippen molar-refractivity contribution in [1.29, 1.82) is 0 Å². The third-order valence-corrected chi connectivity index (χ3v) is 4.77. The summed E-state index contributed by atoms with van der Waals surface area (Å²) in [4.78, 5) is 13.0. The average molecular weight is 278 g/mol. The van der Waals surface area contributed by atoms with Crippen LogP contribution in [0, 0.1) is 0 Å². The molecule has 96 valence electrons. The average Bonchev–Trinajstić information content (AvgIpc) is 2.29. The summed E-state index contributed by atoms with van der Waals surface area (Å²) < 4.78 is 36.8. The first-order valence-corrected chi connectivity index (χ1v) is 7.96. The maximum absolute atomic E-state index is 11.7. The number of sulfonamides is 1. The van der Waals surface area contributed by atoms with E-state index in [0.717, 1.165) is 12.3 Å². The van der Waals surface area contributed by atoms with E-state index in [4.69, 9.17) is 0 Å². The molecule has 1 atom stereocenters. The van der Waals surface area contributed by atoms with Crippen LogP contribution < -0.4 is 10.3 Å². The standard InChI is InChI=1S/C9H14N2O4S2/c1-2-16(13)6-5-11-17(14,15)8-3-4-9(12)10-7-8/h3-4,7,11H,2,5-6H2,1H3,(H,10,12). The topological polar surface area (TPSA) is 96.1 Å². The predicted octanol–water partition coefficient (Wildman–Crippen LogP) is -0.578. The number of H-pyrrole nitrogens is 1. The predicted molar refractivity (Wildman–Crippen MR) is 65.8 cm³/mol. The Morgan fingerprint density at radius 1 is 1.41 bits per heavy atom. The Morgan fingerprint density at radius 2 is 2.12 bits per heavy atom. The highest BCUT2D eigenvalue weighted by atomic mass is 32.2. The van der Waals surface area contributed by atoms with Crippen LogP contribution in [0.1, 0.15) is 6.92 Å². The lowest BCUT2D eigenvalue weighted by Gasteiger charge is -2.05. The molecule has 0 aromatic carbocycles. The fourth-order valence-electron chi connectivity index (χ4n) is 1.08. The molecule has 0 aliphatic heterocycles. The zero-order chi connectivity index (χ0) is 12.9. The second kappa shape index (κ2) is 6.08. The van der Waals surface area contributed by atoms with Crippen molar-refractivity contribution in [3.63, 3.8) is 0 Å². The summed E-state index contributed by atoms with van der Waals surface area (Å²) in [6.07, 6.45) is 1.13. The third-order valence-electron chi connectivity index (χ3n) is 2.01. The van der Waals surface area contributed by atoms with Crippen LogP contribution >= 0.6 is 0 Å². The van der Waals surface area contributed by atoms with E-state index in [2.05, 4.69) is 9.71 Å². The number of nitrogens with one attached hydrogen (secondary N) is 2. The maximum Gasteiger partial charge on any atom is 0.247 e. The second-order valence-electron chi connectivity index (χ2n) is 3.22. The van der Waals surface area contributed by atoms with E-state index in [0.29, 0.717) is 5.75 Å². The molecule has 0 aliphatic rings.